The minimum absolute atomic E-state index is 0.0000926. The molecular formula is C13H9Br2FOS. The number of halogens is 3. The van der Waals surface area contributed by atoms with E-state index in [1.165, 1.54) is 23.5 Å². The Bertz CT molecular complexity index is 588. The fraction of sp³-hybridized carbons (Fsp3) is 0.154. The Balaban J connectivity index is 2.23. The molecule has 0 fully saturated rings. The number of carbonyl (C=O) groups excluding carboxylic acids is 1. The summed E-state index contributed by atoms with van der Waals surface area (Å²) in [6.07, 6.45) is 0.199. The lowest BCUT2D eigenvalue weighted by Gasteiger charge is -2.02. The van der Waals surface area contributed by atoms with E-state index in [2.05, 4.69) is 31.9 Å². The van der Waals surface area contributed by atoms with E-state index in [-0.39, 0.29) is 18.0 Å². The number of hydrogen-bond donors (Lipinski definition) is 0. The van der Waals surface area contributed by atoms with E-state index in [0.717, 1.165) is 13.8 Å². The van der Waals surface area contributed by atoms with Crippen molar-refractivity contribution in [1.29, 1.82) is 0 Å². The van der Waals surface area contributed by atoms with Crippen molar-refractivity contribution in [2.24, 2.45) is 0 Å². The molecule has 2 rings (SSSR count). The molecule has 0 saturated carbocycles. The van der Waals surface area contributed by atoms with Gasteiger partial charge in [0.1, 0.15) is 5.82 Å². The van der Waals surface area contributed by atoms with Gasteiger partial charge >= 0.3 is 0 Å². The van der Waals surface area contributed by atoms with E-state index in [1.54, 1.807) is 6.07 Å². The minimum atomic E-state index is -0.329. The highest BCUT2D eigenvalue weighted by molar-refractivity contribution is 9.11. The molecule has 2 aromatic rings. The Kier molecular flexibility index (Phi) is 4.35. The SMILES string of the molecule is Cc1cc(C(=O)Cc2cc(F)ccc2Br)sc1Br. The van der Waals surface area contributed by atoms with Gasteiger partial charge in [-0.25, -0.2) is 4.39 Å². The van der Waals surface area contributed by atoms with Gasteiger partial charge in [-0.3, -0.25) is 4.79 Å². The van der Waals surface area contributed by atoms with Crippen LogP contribution in [0.2, 0.25) is 0 Å². The fourth-order valence-electron chi connectivity index (χ4n) is 1.54. The van der Waals surface area contributed by atoms with Gasteiger partial charge in [0, 0.05) is 10.9 Å². The minimum Gasteiger partial charge on any atom is -0.293 e. The third-order valence-corrected chi connectivity index (χ3v) is 5.44. The molecule has 1 aromatic heterocycles. The average Bonchev–Trinajstić information content (AvgIpc) is 2.64. The van der Waals surface area contributed by atoms with E-state index in [9.17, 15) is 9.18 Å². The molecule has 0 aliphatic heterocycles. The van der Waals surface area contributed by atoms with Gasteiger partial charge in [0.05, 0.1) is 8.66 Å². The van der Waals surface area contributed by atoms with Gasteiger partial charge in [0.2, 0.25) is 0 Å². The van der Waals surface area contributed by atoms with Crippen LogP contribution in [0, 0.1) is 12.7 Å². The zero-order chi connectivity index (χ0) is 13.3. The van der Waals surface area contributed by atoms with Crippen LogP contribution < -0.4 is 0 Å². The molecule has 0 N–H and O–H groups in total. The van der Waals surface area contributed by atoms with E-state index in [1.807, 2.05) is 13.0 Å². The molecule has 0 aliphatic rings. The number of aryl methyl sites for hydroxylation is 1. The highest BCUT2D eigenvalue weighted by Gasteiger charge is 2.14. The molecule has 0 unspecified atom stereocenters. The van der Waals surface area contributed by atoms with E-state index in [0.29, 0.717) is 10.4 Å². The van der Waals surface area contributed by atoms with Crippen LogP contribution in [0.3, 0.4) is 0 Å². The predicted octanol–water partition coefficient (Wildman–Crippen LogP) is 5.15. The number of ketones is 1. The van der Waals surface area contributed by atoms with E-state index < -0.39 is 0 Å². The standard InChI is InChI=1S/C13H9Br2FOS/c1-7-4-12(18-13(7)15)11(17)6-8-5-9(16)2-3-10(8)14/h2-5H,6H2,1H3. The third kappa shape index (κ3) is 3.08. The average molecular weight is 392 g/mol. The van der Waals surface area contributed by atoms with Gasteiger partial charge in [-0.15, -0.1) is 11.3 Å². The first-order valence-electron chi connectivity index (χ1n) is 5.20. The quantitative estimate of drug-likeness (QED) is 0.661. The Morgan fingerprint density at radius 3 is 2.67 bits per heavy atom. The zero-order valence-electron chi connectivity index (χ0n) is 9.47. The topological polar surface area (TPSA) is 17.1 Å². The predicted molar refractivity (Wildman–Crippen MR) is 78.9 cm³/mol. The molecule has 0 radical (unpaired) electrons. The molecule has 0 spiro atoms. The van der Waals surface area contributed by atoms with Crippen molar-refractivity contribution in [3.8, 4) is 0 Å². The van der Waals surface area contributed by atoms with Gasteiger partial charge in [-0.05, 0) is 58.2 Å². The highest BCUT2D eigenvalue weighted by Crippen LogP contribution is 2.29. The van der Waals surface area contributed by atoms with Crippen LogP contribution in [-0.2, 0) is 6.42 Å². The molecule has 0 atom stereocenters. The summed E-state index contributed by atoms with van der Waals surface area (Å²) in [7, 11) is 0. The van der Waals surface area contributed by atoms with Crippen LogP contribution in [0.15, 0.2) is 32.5 Å². The van der Waals surface area contributed by atoms with Crippen LogP contribution in [0.5, 0.6) is 0 Å². The Morgan fingerprint density at radius 1 is 1.33 bits per heavy atom. The molecule has 18 heavy (non-hydrogen) atoms. The van der Waals surface area contributed by atoms with Crippen molar-refractivity contribution < 1.29 is 9.18 Å². The van der Waals surface area contributed by atoms with Gasteiger partial charge < -0.3 is 0 Å². The Morgan fingerprint density at radius 2 is 2.06 bits per heavy atom. The van der Waals surface area contributed by atoms with E-state index in [4.69, 9.17) is 0 Å². The van der Waals surface area contributed by atoms with Crippen molar-refractivity contribution in [2.45, 2.75) is 13.3 Å². The second kappa shape index (κ2) is 5.63. The van der Waals surface area contributed by atoms with Crippen molar-refractivity contribution >= 4 is 49.0 Å². The fourth-order valence-corrected chi connectivity index (χ4v) is 3.40. The summed E-state index contributed by atoms with van der Waals surface area (Å²) in [5.41, 5.74) is 1.71. The highest BCUT2D eigenvalue weighted by atomic mass is 79.9. The maximum absolute atomic E-state index is 13.1. The summed E-state index contributed by atoms with van der Waals surface area (Å²) in [6, 6.07) is 6.22. The summed E-state index contributed by atoms with van der Waals surface area (Å²) >= 11 is 8.13. The van der Waals surface area contributed by atoms with Crippen molar-refractivity contribution in [1.82, 2.24) is 0 Å². The maximum Gasteiger partial charge on any atom is 0.177 e. The molecule has 0 aliphatic carbocycles. The smallest absolute Gasteiger partial charge is 0.177 e. The van der Waals surface area contributed by atoms with Gasteiger partial charge in [0.15, 0.2) is 5.78 Å². The van der Waals surface area contributed by atoms with Crippen LogP contribution >= 0.6 is 43.2 Å². The summed E-state index contributed by atoms with van der Waals surface area (Å²) in [6.45, 7) is 1.94. The molecule has 1 heterocycles. The Labute approximate surface area is 125 Å². The number of rotatable bonds is 3. The molecular weight excluding hydrogens is 383 g/mol. The number of thiophene rings is 1. The van der Waals surface area contributed by atoms with Crippen LogP contribution in [-0.4, -0.2) is 5.78 Å². The molecule has 1 nitrogen and oxygen atoms in total. The molecule has 94 valence electrons. The van der Waals surface area contributed by atoms with Crippen LogP contribution in [0.25, 0.3) is 0 Å². The second-order valence-electron chi connectivity index (χ2n) is 3.90. The van der Waals surface area contributed by atoms with E-state index >= 15 is 0 Å². The van der Waals surface area contributed by atoms with Gasteiger partial charge in [-0.2, -0.15) is 0 Å². The largest absolute Gasteiger partial charge is 0.293 e. The third-order valence-electron chi connectivity index (χ3n) is 2.49. The Hall–Kier alpha value is -0.520. The first-order valence-corrected chi connectivity index (χ1v) is 7.60. The van der Waals surface area contributed by atoms with Crippen molar-refractivity contribution in [3.05, 3.63) is 54.3 Å². The number of benzene rings is 1. The lowest BCUT2D eigenvalue weighted by atomic mass is 10.1. The normalized spacial score (nSPS) is 10.7. The van der Waals surface area contributed by atoms with Crippen LogP contribution in [0.1, 0.15) is 20.8 Å². The number of Topliss-reactive ketones (excluding diaryl/α,β-unsaturated/α-hetero) is 1. The maximum atomic E-state index is 13.1. The molecule has 1 aromatic carbocycles. The van der Waals surface area contributed by atoms with Crippen LogP contribution in [0.4, 0.5) is 4.39 Å². The summed E-state index contributed by atoms with van der Waals surface area (Å²) in [4.78, 5) is 12.8. The van der Waals surface area contributed by atoms with Crippen molar-refractivity contribution in [3.63, 3.8) is 0 Å². The molecule has 0 amide bonds. The summed E-state index contributed by atoms with van der Waals surface area (Å²) in [5.74, 6) is -0.329. The number of carbonyl (C=O) groups is 1. The number of hydrogen-bond acceptors (Lipinski definition) is 2. The lowest BCUT2D eigenvalue weighted by Crippen LogP contribution is -2.02. The second-order valence-corrected chi connectivity index (χ2v) is 7.13. The van der Waals surface area contributed by atoms with Gasteiger partial charge in [-0.1, -0.05) is 15.9 Å². The first-order chi connectivity index (χ1) is 8.47. The summed E-state index contributed by atoms with van der Waals surface area (Å²) in [5, 5.41) is 0. The summed E-state index contributed by atoms with van der Waals surface area (Å²) < 4.78 is 14.8. The monoisotopic (exact) mass is 390 g/mol. The first kappa shape index (κ1) is 13.9. The molecule has 0 saturated heterocycles. The molecule has 5 heteroatoms. The lowest BCUT2D eigenvalue weighted by molar-refractivity contribution is 0.0996. The van der Waals surface area contributed by atoms with Crippen molar-refractivity contribution in [2.75, 3.05) is 0 Å². The van der Waals surface area contributed by atoms with Gasteiger partial charge in [0.25, 0.3) is 0 Å². The zero-order valence-corrected chi connectivity index (χ0v) is 13.5. The molecule has 0 bridgehead atoms.